The van der Waals surface area contributed by atoms with E-state index in [1.165, 1.54) is 19.4 Å². The zero-order valence-corrected chi connectivity index (χ0v) is 9.07. The van der Waals surface area contributed by atoms with E-state index in [0.717, 1.165) is 30.5 Å². The van der Waals surface area contributed by atoms with Crippen LogP contribution in [0, 0.1) is 11.8 Å². The van der Waals surface area contributed by atoms with Crippen molar-refractivity contribution in [1.29, 1.82) is 0 Å². The van der Waals surface area contributed by atoms with Crippen LogP contribution >= 0.6 is 0 Å². The van der Waals surface area contributed by atoms with Crippen molar-refractivity contribution in [2.75, 3.05) is 20.2 Å². The first kappa shape index (κ1) is 9.13. The lowest BCUT2D eigenvalue weighted by molar-refractivity contribution is -0.0497. The zero-order valence-electron chi connectivity index (χ0n) is 9.07. The summed E-state index contributed by atoms with van der Waals surface area (Å²) in [7, 11) is 2.21. The van der Waals surface area contributed by atoms with Gasteiger partial charge < -0.3 is 10.1 Å². The van der Waals surface area contributed by atoms with Crippen molar-refractivity contribution < 1.29 is 4.74 Å². The Morgan fingerprint density at radius 1 is 1.36 bits per heavy atom. The lowest BCUT2D eigenvalue weighted by Crippen LogP contribution is -2.39. The van der Waals surface area contributed by atoms with Crippen molar-refractivity contribution in [2.24, 2.45) is 11.8 Å². The predicted molar refractivity (Wildman–Crippen MR) is 55.0 cm³/mol. The summed E-state index contributed by atoms with van der Waals surface area (Å²) in [5, 5.41) is 3.73. The van der Waals surface area contributed by atoms with E-state index in [0.29, 0.717) is 6.23 Å². The van der Waals surface area contributed by atoms with E-state index >= 15 is 0 Å². The van der Waals surface area contributed by atoms with Crippen LogP contribution in [0.15, 0.2) is 0 Å². The topological polar surface area (TPSA) is 24.5 Å². The minimum Gasteiger partial charge on any atom is -0.363 e. The molecule has 3 nitrogen and oxygen atoms in total. The molecule has 3 heterocycles. The SMILES string of the molecule is CCOC1C2C3CCC(N3)C2CN1C. The first-order valence-electron chi connectivity index (χ1n) is 5.89. The molecule has 0 aromatic carbocycles. The number of nitrogens with zero attached hydrogens (tertiary/aromatic N) is 1. The maximum Gasteiger partial charge on any atom is 0.115 e. The fourth-order valence-corrected chi connectivity index (χ4v) is 3.81. The standard InChI is InChI=1S/C11H20N2O/c1-3-14-11-10-7(6-13(11)2)8-4-5-9(10)12-8/h7-12H,3-6H2,1-2H3. The van der Waals surface area contributed by atoms with Gasteiger partial charge in [-0.15, -0.1) is 0 Å². The molecule has 3 fully saturated rings. The van der Waals surface area contributed by atoms with Crippen molar-refractivity contribution in [3.63, 3.8) is 0 Å². The van der Waals surface area contributed by atoms with E-state index in [9.17, 15) is 0 Å². The fourth-order valence-electron chi connectivity index (χ4n) is 3.81. The van der Waals surface area contributed by atoms with E-state index in [2.05, 4.69) is 24.2 Å². The molecule has 80 valence electrons. The smallest absolute Gasteiger partial charge is 0.115 e. The highest BCUT2D eigenvalue weighted by molar-refractivity contribution is 5.09. The number of ether oxygens (including phenoxy) is 1. The van der Waals surface area contributed by atoms with E-state index in [1.807, 2.05) is 0 Å². The van der Waals surface area contributed by atoms with Gasteiger partial charge in [0.15, 0.2) is 0 Å². The molecular weight excluding hydrogens is 176 g/mol. The summed E-state index contributed by atoms with van der Waals surface area (Å²) in [5.41, 5.74) is 0. The summed E-state index contributed by atoms with van der Waals surface area (Å²) in [5.74, 6) is 1.62. The van der Waals surface area contributed by atoms with Crippen LogP contribution in [0.2, 0.25) is 0 Å². The number of hydrogen-bond acceptors (Lipinski definition) is 3. The monoisotopic (exact) mass is 196 g/mol. The normalized spacial score (nSPS) is 51.4. The molecule has 0 radical (unpaired) electrons. The Morgan fingerprint density at radius 2 is 2.14 bits per heavy atom. The van der Waals surface area contributed by atoms with Crippen LogP contribution in [-0.2, 0) is 4.74 Å². The lowest BCUT2D eigenvalue weighted by atomic mass is 9.81. The molecule has 3 rings (SSSR count). The second-order valence-electron chi connectivity index (χ2n) is 4.98. The molecule has 3 aliphatic rings. The third-order valence-electron chi connectivity index (χ3n) is 4.29. The first-order chi connectivity index (χ1) is 6.81. The van der Waals surface area contributed by atoms with Gasteiger partial charge in [-0.1, -0.05) is 0 Å². The maximum atomic E-state index is 5.87. The molecule has 0 aliphatic carbocycles. The van der Waals surface area contributed by atoms with Gasteiger partial charge in [-0.05, 0) is 32.7 Å². The van der Waals surface area contributed by atoms with Crippen LogP contribution in [0.4, 0.5) is 0 Å². The van der Waals surface area contributed by atoms with Gasteiger partial charge in [0.1, 0.15) is 6.23 Å². The van der Waals surface area contributed by atoms with Crippen LogP contribution in [0.3, 0.4) is 0 Å². The molecule has 5 atom stereocenters. The molecule has 3 heteroatoms. The minimum atomic E-state index is 0.382. The first-order valence-corrected chi connectivity index (χ1v) is 5.89. The fraction of sp³-hybridized carbons (Fsp3) is 1.00. The van der Waals surface area contributed by atoms with Gasteiger partial charge in [0.2, 0.25) is 0 Å². The lowest BCUT2D eigenvalue weighted by Gasteiger charge is -2.28. The van der Waals surface area contributed by atoms with Gasteiger partial charge >= 0.3 is 0 Å². The third kappa shape index (κ3) is 1.09. The minimum absolute atomic E-state index is 0.382. The summed E-state index contributed by atoms with van der Waals surface area (Å²) >= 11 is 0. The summed E-state index contributed by atoms with van der Waals surface area (Å²) < 4.78 is 5.87. The Labute approximate surface area is 85.8 Å². The Balaban J connectivity index is 1.80. The third-order valence-corrected chi connectivity index (χ3v) is 4.29. The Hall–Kier alpha value is -0.120. The quantitative estimate of drug-likeness (QED) is 0.702. The number of nitrogens with one attached hydrogen (secondary N) is 1. The highest BCUT2D eigenvalue weighted by Gasteiger charge is 2.55. The average molecular weight is 196 g/mol. The largest absolute Gasteiger partial charge is 0.363 e. The molecule has 0 amide bonds. The van der Waals surface area contributed by atoms with Crippen molar-refractivity contribution >= 4 is 0 Å². The molecule has 0 aromatic rings. The number of hydrogen-bond donors (Lipinski definition) is 1. The molecule has 0 saturated carbocycles. The summed E-state index contributed by atoms with van der Waals surface area (Å²) in [6, 6.07) is 1.53. The van der Waals surface area contributed by atoms with Crippen molar-refractivity contribution in [3.8, 4) is 0 Å². The second kappa shape index (κ2) is 3.19. The molecule has 2 bridgehead atoms. The van der Waals surface area contributed by atoms with Crippen LogP contribution in [-0.4, -0.2) is 43.4 Å². The average Bonchev–Trinajstić information content (AvgIpc) is 2.79. The van der Waals surface area contributed by atoms with Crippen molar-refractivity contribution in [1.82, 2.24) is 10.2 Å². The van der Waals surface area contributed by atoms with Gasteiger partial charge in [0.05, 0.1) is 0 Å². The molecular formula is C11H20N2O. The molecule has 3 aliphatic heterocycles. The Kier molecular flexibility index (Phi) is 2.08. The van der Waals surface area contributed by atoms with E-state index in [-0.39, 0.29) is 0 Å². The van der Waals surface area contributed by atoms with Crippen molar-refractivity contribution in [2.45, 2.75) is 38.1 Å². The molecule has 3 saturated heterocycles. The molecule has 0 spiro atoms. The van der Waals surface area contributed by atoms with Gasteiger partial charge in [-0.3, -0.25) is 4.90 Å². The van der Waals surface area contributed by atoms with Gasteiger partial charge in [0.25, 0.3) is 0 Å². The van der Waals surface area contributed by atoms with E-state index in [1.54, 1.807) is 0 Å². The Bertz CT molecular complexity index is 233. The van der Waals surface area contributed by atoms with Gasteiger partial charge in [0, 0.05) is 31.2 Å². The van der Waals surface area contributed by atoms with E-state index in [4.69, 9.17) is 4.74 Å². The van der Waals surface area contributed by atoms with Crippen molar-refractivity contribution in [3.05, 3.63) is 0 Å². The van der Waals surface area contributed by atoms with Crippen LogP contribution in [0.25, 0.3) is 0 Å². The summed E-state index contributed by atoms with van der Waals surface area (Å²) in [6.45, 7) is 4.17. The second-order valence-corrected chi connectivity index (χ2v) is 4.98. The predicted octanol–water partition coefficient (Wildman–Crippen LogP) is 0.661. The zero-order chi connectivity index (χ0) is 9.71. The number of fused-ring (bicyclic) bond motifs is 5. The highest BCUT2D eigenvalue weighted by Crippen LogP contribution is 2.45. The Morgan fingerprint density at radius 3 is 2.93 bits per heavy atom. The number of likely N-dealkylation sites (tertiary alicyclic amines) is 1. The van der Waals surface area contributed by atoms with Crippen LogP contribution in [0.5, 0.6) is 0 Å². The van der Waals surface area contributed by atoms with Gasteiger partial charge in [-0.2, -0.15) is 0 Å². The highest BCUT2D eigenvalue weighted by atomic mass is 16.5. The maximum absolute atomic E-state index is 5.87. The number of rotatable bonds is 2. The van der Waals surface area contributed by atoms with E-state index < -0.39 is 0 Å². The summed E-state index contributed by atoms with van der Waals surface area (Å²) in [4.78, 5) is 2.41. The molecule has 1 N–H and O–H groups in total. The van der Waals surface area contributed by atoms with Crippen LogP contribution in [0.1, 0.15) is 19.8 Å². The molecule has 14 heavy (non-hydrogen) atoms. The van der Waals surface area contributed by atoms with Crippen LogP contribution < -0.4 is 5.32 Å². The van der Waals surface area contributed by atoms with Gasteiger partial charge in [-0.25, -0.2) is 0 Å². The molecule has 0 aromatic heterocycles. The summed E-state index contributed by atoms with van der Waals surface area (Å²) in [6.07, 6.45) is 3.13. The molecule has 5 unspecified atom stereocenters.